The van der Waals surface area contributed by atoms with Gasteiger partial charge in [-0.05, 0) is 76.3 Å². The van der Waals surface area contributed by atoms with Gasteiger partial charge in [0.25, 0.3) is 0 Å². The van der Waals surface area contributed by atoms with Gasteiger partial charge in [0.2, 0.25) is 0 Å². The van der Waals surface area contributed by atoms with Crippen LogP contribution < -0.4 is 4.90 Å². The molecule has 5 heteroatoms. The summed E-state index contributed by atoms with van der Waals surface area (Å²) in [5.41, 5.74) is 8.82. The third kappa shape index (κ3) is 4.50. The van der Waals surface area contributed by atoms with Crippen LogP contribution >= 0.6 is 11.3 Å². The van der Waals surface area contributed by atoms with Crippen LogP contribution in [-0.4, -0.2) is 15.0 Å². The Kier molecular flexibility index (Phi) is 6.39. The summed E-state index contributed by atoms with van der Waals surface area (Å²) in [6.07, 6.45) is 0. The van der Waals surface area contributed by atoms with Crippen LogP contribution in [0.1, 0.15) is 0 Å². The third-order valence-electron chi connectivity index (χ3n) is 10.2. The summed E-state index contributed by atoms with van der Waals surface area (Å²) in [6, 6.07) is 60.4. The molecule has 0 N–H and O–H groups in total. The average molecular weight is 681 g/mol. The van der Waals surface area contributed by atoms with Gasteiger partial charge in [-0.1, -0.05) is 115 Å². The molecule has 11 rings (SSSR count). The topological polar surface area (TPSA) is 41.9 Å². The highest BCUT2D eigenvalue weighted by Gasteiger charge is 2.26. The van der Waals surface area contributed by atoms with Crippen LogP contribution in [0.5, 0.6) is 0 Å². The molecule has 0 atom stereocenters. The van der Waals surface area contributed by atoms with E-state index < -0.39 is 0 Å². The van der Waals surface area contributed by atoms with Crippen LogP contribution in [-0.2, 0) is 0 Å². The van der Waals surface area contributed by atoms with Crippen molar-refractivity contribution >= 4 is 70.1 Å². The molecule has 52 heavy (non-hydrogen) atoms. The molecule has 8 aromatic carbocycles. The van der Waals surface area contributed by atoms with Crippen LogP contribution in [0.4, 0.5) is 17.1 Å². The molecule has 0 spiro atoms. The maximum atomic E-state index is 5.18. The number of rotatable bonds is 4. The molecule has 0 aliphatic carbocycles. The van der Waals surface area contributed by atoms with E-state index in [-0.39, 0.29) is 0 Å². The molecule has 0 unspecified atom stereocenters. The number of fused-ring (bicyclic) bond motifs is 6. The van der Waals surface area contributed by atoms with Gasteiger partial charge in [-0.15, -0.1) is 11.3 Å². The number of nitrogens with zero attached hydrogens (tertiary/aromatic N) is 4. The Hall–Kier alpha value is -6.69. The fourth-order valence-electron chi connectivity index (χ4n) is 7.83. The summed E-state index contributed by atoms with van der Waals surface area (Å²) in [7, 11) is 0. The Morgan fingerprint density at radius 2 is 1.00 bits per heavy atom. The fraction of sp³-hybridized carbons (Fsp3) is 0. The summed E-state index contributed by atoms with van der Waals surface area (Å²) < 4.78 is 2.47. The van der Waals surface area contributed by atoms with Gasteiger partial charge >= 0.3 is 0 Å². The Morgan fingerprint density at radius 1 is 0.385 bits per heavy atom. The molecule has 0 amide bonds. The SMILES string of the molecule is c1ccc(-c2nc(-c3ccc(N4c5cc6ccccc6cc5-c5cccc6cccc4c56)cc3)nc(-c3cccc4sc5ccccc5c34)n2)cc1. The molecule has 0 radical (unpaired) electrons. The maximum Gasteiger partial charge on any atom is 0.164 e. The van der Waals surface area contributed by atoms with Crippen molar-refractivity contribution in [1.29, 1.82) is 0 Å². The Labute approximate surface area is 303 Å². The number of hydrogen-bond acceptors (Lipinski definition) is 5. The van der Waals surface area contributed by atoms with Gasteiger partial charge in [-0.25, -0.2) is 15.0 Å². The standard InChI is InChI=1S/C47H28N4S/c1-2-11-30(12-3-1)45-48-46(50-47(49-45)37-19-10-22-42-44(37)36-17-6-7-21-41(36)52-42)31-23-25-34(26-24-31)51-39-20-9-16-29-15-8-18-35(43(29)39)38-27-32-13-4-5-14-33(32)28-40(38)51/h1-28H. The molecule has 0 bridgehead atoms. The maximum absolute atomic E-state index is 5.18. The molecule has 10 aromatic rings. The van der Waals surface area contributed by atoms with Crippen LogP contribution in [0.15, 0.2) is 170 Å². The molecule has 242 valence electrons. The molecule has 0 fully saturated rings. The van der Waals surface area contributed by atoms with Crippen molar-refractivity contribution in [2.24, 2.45) is 0 Å². The van der Waals surface area contributed by atoms with E-state index in [4.69, 9.17) is 15.0 Å². The average Bonchev–Trinajstić information content (AvgIpc) is 3.60. The molecule has 1 aliphatic rings. The Bertz CT molecular complexity index is 3020. The number of aromatic nitrogens is 3. The van der Waals surface area contributed by atoms with E-state index in [1.54, 1.807) is 11.3 Å². The van der Waals surface area contributed by atoms with Gasteiger partial charge in [0.05, 0.1) is 11.4 Å². The van der Waals surface area contributed by atoms with Crippen molar-refractivity contribution in [3.05, 3.63) is 170 Å². The van der Waals surface area contributed by atoms with Crippen LogP contribution in [0, 0.1) is 0 Å². The van der Waals surface area contributed by atoms with E-state index in [0.717, 1.165) is 22.4 Å². The highest BCUT2D eigenvalue weighted by molar-refractivity contribution is 7.25. The third-order valence-corrected chi connectivity index (χ3v) is 11.3. The second-order valence-corrected chi connectivity index (χ2v) is 14.3. The summed E-state index contributed by atoms with van der Waals surface area (Å²) >= 11 is 1.80. The number of thiophene rings is 1. The molecular weight excluding hydrogens is 653 g/mol. The summed E-state index contributed by atoms with van der Waals surface area (Å²) in [5.74, 6) is 1.97. The van der Waals surface area contributed by atoms with Gasteiger partial charge in [-0.2, -0.15) is 0 Å². The molecule has 0 saturated heterocycles. The quantitative estimate of drug-likeness (QED) is 0.186. The number of hydrogen-bond donors (Lipinski definition) is 0. The van der Waals surface area contributed by atoms with Crippen molar-refractivity contribution in [3.63, 3.8) is 0 Å². The van der Waals surface area contributed by atoms with Crippen LogP contribution in [0.3, 0.4) is 0 Å². The van der Waals surface area contributed by atoms with Crippen molar-refractivity contribution in [2.75, 3.05) is 4.90 Å². The van der Waals surface area contributed by atoms with E-state index in [2.05, 4.69) is 157 Å². The van der Waals surface area contributed by atoms with Gasteiger partial charge in [0.1, 0.15) is 0 Å². The first-order valence-electron chi connectivity index (χ1n) is 17.4. The van der Waals surface area contributed by atoms with Gasteiger partial charge in [0.15, 0.2) is 17.5 Å². The zero-order valence-electron chi connectivity index (χ0n) is 27.9. The number of anilines is 3. The highest BCUT2D eigenvalue weighted by atomic mass is 32.1. The van der Waals surface area contributed by atoms with E-state index >= 15 is 0 Å². The van der Waals surface area contributed by atoms with Crippen molar-refractivity contribution < 1.29 is 0 Å². The predicted octanol–water partition coefficient (Wildman–Crippen LogP) is 13.0. The molecule has 1 aliphatic heterocycles. The van der Waals surface area contributed by atoms with Crippen molar-refractivity contribution in [2.45, 2.75) is 0 Å². The first-order valence-corrected chi connectivity index (χ1v) is 18.3. The van der Waals surface area contributed by atoms with Gasteiger partial charge < -0.3 is 4.90 Å². The van der Waals surface area contributed by atoms with Crippen LogP contribution in [0.2, 0.25) is 0 Å². The highest BCUT2D eigenvalue weighted by Crippen LogP contribution is 2.52. The van der Waals surface area contributed by atoms with E-state index in [1.807, 2.05) is 18.2 Å². The second kappa shape index (κ2) is 11.4. The molecule has 3 heterocycles. The summed E-state index contributed by atoms with van der Waals surface area (Å²) in [5, 5.41) is 7.35. The van der Waals surface area contributed by atoms with Gasteiger partial charge in [0, 0.05) is 53.5 Å². The minimum Gasteiger partial charge on any atom is -0.309 e. The smallest absolute Gasteiger partial charge is 0.164 e. The second-order valence-electron chi connectivity index (χ2n) is 13.2. The normalized spacial score (nSPS) is 12.2. The van der Waals surface area contributed by atoms with Gasteiger partial charge in [-0.3, -0.25) is 0 Å². The first kappa shape index (κ1) is 29.1. The molecule has 0 saturated carbocycles. The van der Waals surface area contributed by atoms with E-state index in [9.17, 15) is 0 Å². The lowest BCUT2D eigenvalue weighted by Gasteiger charge is -2.34. The molecule has 4 nitrogen and oxygen atoms in total. The zero-order chi connectivity index (χ0) is 34.2. The van der Waals surface area contributed by atoms with E-state index in [1.165, 1.54) is 64.2 Å². The van der Waals surface area contributed by atoms with E-state index in [0.29, 0.717) is 17.5 Å². The molecule has 2 aromatic heterocycles. The zero-order valence-corrected chi connectivity index (χ0v) is 28.7. The minimum absolute atomic E-state index is 0.643. The number of benzene rings is 8. The van der Waals surface area contributed by atoms with Crippen molar-refractivity contribution in [3.8, 4) is 45.3 Å². The minimum atomic E-state index is 0.643. The fourth-order valence-corrected chi connectivity index (χ4v) is 8.96. The molecular formula is C47H28N4S. The van der Waals surface area contributed by atoms with Crippen LogP contribution in [0.25, 0.3) is 87.0 Å². The lowest BCUT2D eigenvalue weighted by Crippen LogP contribution is -2.15. The largest absolute Gasteiger partial charge is 0.309 e. The Balaban J connectivity index is 1.09. The predicted molar refractivity (Wildman–Crippen MR) is 218 cm³/mol. The monoisotopic (exact) mass is 680 g/mol. The summed E-state index contributed by atoms with van der Waals surface area (Å²) in [6.45, 7) is 0. The summed E-state index contributed by atoms with van der Waals surface area (Å²) in [4.78, 5) is 17.7. The Morgan fingerprint density at radius 3 is 1.83 bits per heavy atom. The lowest BCUT2D eigenvalue weighted by molar-refractivity contribution is 1.08. The van der Waals surface area contributed by atoms with Crippen molar-refractivity contribution in [1.82, 2.24) is 15.0 Å². The lowest BCUT2D eigenvalue weighted by atomic mass is 9.89. The first-order chi connectivity index (χ1) is 25.8.